The predicted molar refractivity (Wildman–Crippen MR) is 121 cm³/mol. The average Bonchev–Trinajstić information content (AvgIpc) is 3.50. The number of pyridine rings is 1. The van der Waals surface area contributed by atoms with E-state index >= 15 is 0 Å². The summed E-state index contributed by atoms with van der Waals surface area (Å²) in [7, 11) is 1.65. The van der Waals surface area contributed by atoms with Crippen LogP contribution in [0.25, 0.3) is 11.0 Å². The van der Waals surface area contributed by atoms with Crippen LogP contribution in [0.5, 0.6) is 0 Å². The Morgan fingerprint density at radius 1 is 1.19 bits per heavy atom. The molecule has 1 aliphatic carbocycles. The van der Waals surface area contributed by atoms with Gasteiger partial charge in [-0.05, 0) is 58.7 Å². The van der Waals surface area contributed by atoms with Crippen LogP contribution in [0.15, 0.2) is 36.4 Å². The number of aryl methyl sites for hydroxylation is 1. The van der Waals surface area contributed by atoms with Gasteiger partial charge in [0.25, 0.3) is 5.91 Å². The lowest BCUT2D eigenvalue weighted by Crippen LogP contribution is -2.35. The first kappa shape index (κ1) is 21.0. The monoisotopic (exact) mass is 419 g/mol. The number of hydrogen-bond donors (Lipinski definition) is 1. The molecule has 7 nitrogen and oxygen atoms in total. The van der Waals surface area contributed by atoms with Crippen LogP contribution < -0.4 is 5.32 Å². The maximum Gasteiger partial charge on any atom is 0.254 e. The highest BCUT2D eigenvalue weighted by atomic mass is 16.2. The summed E-state index contributed by atoms with van der Waals surface area (Å²) in [5, 5.41) is 8.30. The molecule has 2 amide bonds. The van der Waals surface area contributed by atoms with Gasteiger partial charge in [0.2, 0.25) is 5.91 Å². The summed E-state index contributed by atoms with van der Waals surface area (Å²) in [4.78, 5) is 32.3. The van der Waals surface area contributed by atoms with Gasteiger partial charge in [-0.25, -0.2) is 9.67 Å². The molecule has 0 radical (unpaired) electrons. The molecule has 0 aliphatic heterocycles. The Labute approximate surface area is 182 Å². The van der Waals surface area contributed by atoms with Gasteiger partial charge >= 0.3 is 0 Å². The summed E-state index contributed by atoms with van der Waals surface area (Å²) in [5.74, 6) is -0.0443. The number of benzene rings is 1. The van der Waals surface area contributed by atoms with Crippen molar-refractivity contribution in [2.45, 2.75) is 52.0 Å². The molecule has 1 fully saturated rings. The fourth-order valence-electron chi connectivity index (χ4n) is 3.75. The van der Waals surface area contributed by atoms with E-state index in [0.717, 1.165) is 35.3 Å². The van der Waals surface area contributed by atoms with E-state index in [4.69, 9.17) is 10.1 Å². The standard InChI is InChI=1S/C24H29N5O2/c1-15-21-18(23(31)28(5)14-20(30)25-17-9-7-6-8-10-17)13-19(16-11-12-16)26-22(21)29(27-15)24(2,3)4/h6-10,13,16H,11-12,14H2,1-5H3,(H,25,30). The summed E-state index contributed by atoms with van der Waals surface area (Å²) in [6.45, 7) is 8.09. The van der Waals surface area contributed by atoms with Gasteiger partial charge in [-0.1, -0.05) is 18.2 Å². The lowest BCUT2D eigenvalue weighted by molar-refractivity contribution is -0.116. The molecule has 3 aromatic rings. The van der Waals surface area contributed by atoms with Gasteiger partial charge in [-0.2, -0.15) is 5.10 Å². The van der Waals surface area contributed by atoms with Gasteiger partial charge in [-0.15, -0.1) is 0 Å². The van der Waals surface area contributed by atoms with Gasteiger partial charge < -0.3 is 10.2 Å². The largest absolute Gasteiger partial charge is 0.332 e. The van der Waals surface area contributed by atoms with E-state index in [-0.39, 0.29) is 23.9 Å². The normalized spacial score (nSPS) is 14.0. The van der Waals surface area contributed by atoms with Crippen molar-refractivity contribution in [1.82, 2.24) is 19.7 Å². The topological polar surface area (TPSA) is 80.1 Å². The first-order valence-corrected chi connectivity index (χ1v) is 10.7. The maximum absolute atomic E-state index is 13.4. The third kappa shape index (κ3) is 4.31. The van der Waals surface area contributed by atoms with Gasteiger partial charge in [0.1, 0.15) is 0 Å². The number of rotatable bonds is 5. The first-order valence-electron chi connectivity index (χ1n) is 10.7. The first-order chi connectivity index (χ1) is 14.6. The van der Waals surface area contributed by atoms with Gasteiger partial charge in [0, 0.05) is 24.3 Å². The lowest BCUT2D eigenvalue weighted by Gasteiger charge is -2.21. The van der Waals surface area contributed by atoms with Crippen molar-refractivity contribution in [3.05, 3.63) is 53.3 Å². The molecule has 1 aromatic carbocycles. The van der Waals surface area contributed by atoms with Crippen LogP contribution in [0, 0.1) is 6.92 Å². The number of nitrogens with zero attached hydrogens (tertiary/aromatic N) is 4. The minimum absolute atomic E-state index is 0.0389. The minimum Gasteiger partial charge on any atom is -0.332 e. The highest BCUT2D eigenvalue weighted by Crippen LogP contribution is 2.41. The molecule has 4 rings (SSSR count). The summed E-state index contributed by atoms with van der Waals surface area (Å²) in [5.41, 5.74) is 3.45. The number of amides is 2. The molecule has 2 heterocycles. The summed E-state index contributed by atoms with van der Waals surface area (Å²) >= 11 is 0. The molecule has 7 heteroatoms. The van der Waals surface area contributed by atoms with E-state index in [0.29, 0.717) is 17.2 Å². The minimum atomic E-state index is -0.260. The van der Waals surface area contributed by atoms with Crippen molar-refractivity contribution in [2.24, 2.45) is 0 Å². The number of fused-ring (bicyclic) bond motifs is 1. The van der Waals surface area contributed by atoms with Crippen molar-refractivity contribution in [3.8, 4) is 0 Å². The van der Waals surface area contributed by atoms with Gasteiger partial charge in [0.05, 0.1) is 28.7 Å². The molecule has 31 heavy (non-hydrogen) atoms. The van der Waals surface area contributed by atoms with E-state index in [1.54, 1.807) is 7.05 Å². The van der Waals surface area contributed by atoms with Crippen LogP contribution in [-0.2, 0) is 10.3 Å². The van der Waals surface area contributed by atoms with E-state index in [1.165, 1.54) is 4.90 Å². The fourth-order valence-corrected chi connectivity index (χ4v) is 3.75. The van der Waals surface area contributed by atoms with Crippen LogP contribution in [0.3, 0.4) is 0 Å². The van der Waals surface area contributed by atoms with Crippen molar-refractivity contribution in [1.29, 1.82) is 0 Å². The van der Waals surface area contributed by atoms with Crippen molar-refractivity contribution in [2.75, 3.05) is 18.9 Å². The molecule has 0 atom stereocenters. The molecule has 0 unspecified atom stereocenters. The number of carbonyl (C=O) groups is 2. The highest BCUT2D eigenvalue weighted by Gasteiger charge is 2.31. The molecule has 162 valence electrons. The van der Waals surface area contributed by atoms with E-state index < -0.39 is 0 Å². The molecule has 1 aliphatic rings. The zero-order valence-corrected chi connectivity index (χ0v) is 18.8. The summed E-state index contributed by atoms with van der Waals surface area (Å²) in [6.07, 6.45) is 2.17. The molecular formula is C24H29N5O2. The van der Waals surface area contributed by atoms with Gasteiger partial charge in [0.15, 0.2) is 5.65 Å². The lowest BCUT2D eigenvalue weighted by atomic mass is 10.1. The SMILES string of the molecule is Cc1nn(C(C)(C)C)c2nc(C3CC3)cc(C(=O)N(C)CC(=O)Nc3ccccc3)c12. The van der Waals surface area contributed by atoms with E-state index in [1.807, 2.05) is 48.0 Å². The van der Waals surface area contributed by atoms with Crippen molar-refractivity contribution < 1.29 is 9.59 Å². The van der Waals surface area contributed by atoms with Crippen molar-refractivity contribution in [3.63, 3.8) is 0 Å². The molecule has 2 aromatic heterocycles. The Hall–Kier alpha value is -3.22. The zero-order chi connectivity index (χ0) is 22.3. The smallest absolute Gasteiger partial charge is 0.254 e. The third-order valence-electron chi connectivity index (χ3n) is 5.48. The Morgan fingerprint density at radius 3 is 2.48 bits per heavy atom. The molecule has 1 N–H and O–H groups in total. The number of hydrogen-bond acceptors (Lipinski definition) is 4. The number of likely N-dealkylation sites (N-methyl/N-ethyl adjacent to an activating group) is 1. The molecule has 0 bridgehead atoms. The number of aromatic nitrogens is 3. The van der Waals surface area contributed by atoms with Crippen LogP contribution in [0.1, 0.15) is 61.3 Å². The second-order valence-corrected chi connectivity index (χ2v) is 9.31. The van der Waals surface area contributed by atoms with Crippen LogP contribution >= 0.6 is 0 Å². The van der Waals surface area contributed by atoms with Crippen LogP contribution in [-0.4, -0.2) is 45.1 Å². The summed E-state index contributed by atoms with van der Waals surface area (Å²) < 4.78 is 1.91. The Balaban J connectivity index is 1.66. The fraction of sp³-hybridized carbons (Fsp3) is 0.417. The highest BCUT2D eigenvalue weighted by molar-refractivity contribution is 6.08. The molecule has 0 saturated heterocycles. The number of nitrogens with one attached hydrogen (secondary N) is 1. The number of anilines is 1. The Morgan fingerprint density at radius 2 is 1.87 bits per heavy atom. The van der Waals surface area contributed by atoms with Crippen LogP contribution in [0.2, 0.25) is 0 Å². The predicted octanol–water partition coefficient (Wildman–Crippen LogP) is 4.08. The maximum atomic E-state index is 13.4. The molecule has 0 spiro atoms. The van der Waals surface area contributed by atoms with Crippen molar-refractivity contribution >= 4 is 28.5 Å². The average molecular weight is 420 g/mol. The van der Waals surface area contributed by atoms with Crippen LogP contribution in [0.4, 0.5) is 5.69 Å². The summed E-state index contributed by atoms with van der Waals surface area (Å²) in [6, 6.07) is 11.1. The van der Waals surface area contributed by atoms with E-state index in [9.17, 15) is 9.59 Å². The molecule has 1 saturated carbocycles. The van der Waals surface area contributed by atoms with Gasteiger partial charge in [-0.3, -0.25) is 9.59 Å². The number of carbonyl (C=O) groups excluding carboxylic acids is 2. The second-order valence-electron chi connectivity index (χ2n) is 9.31. The Kier molecular flexibility index (Phi) is 5.29. The molecular weight excluding hydrogens is 390 g/mol. The Bertz CT molecular complexity index is 1140. The zero-order valence-electron chi connectivity index (χ0n) is 18.8. The second kappa shape index (κ2) is 7.80. The number of para-hydroxylation sites is 1. The third-order valence-corrected chi connectivity index (χ3v) is 5.48. The quantitative estimate of drug-likeness (QED) is 0.676. The van der Waals surface area contributed by atoms with E-state index in [2.05, 4.69) is 26.1 Å².